The Morgan fingerprint density at radius 2 is 2.00 bits per heavy atom. The van der Waals surface area contributed by atoms with E-state index in [1.807, 2.05) is 18.2 Å². The monoisotopic (exact) mass is 278 g/mol. The maximum atomic E-state index is 12.4. The number of hydrogen-bond donors (Lipinski definition) is 1. The fourth-order valence-electron chi connectivity index (χ4n) is 2.77. The van der Waals surface area contributed by atoms with E-state index in [-0.39, 0.29) is 5.91 Å². The fraction of sp³-hybridized carbons (Fsp3) is 0.615. The average molecular weight is 278 g/mol. The first kappa shape index (κ1) is 12.6. The van der Waals surface area contributed by atoms with E-state index in [0.717, 1.165) is 34.2 Å². The van der Waals surface area contributed by atoms with Crippen LogP contribution in [0.25, 0.3) is 4.96 Å². The summed E-state index contributed by atoms with van der Waals surface area (Å²) in [5.74, 6) is 0.875. The van der Waals surface area contributed by atoms with Gasteiger partial charge in [0, 0.05) is 11.7 Å². The van der Waals surface area contributed by atoms with Gasteiger partial charge in [-0.05, 0) is 26.7 Å². The highest BCUT2D eigenvalue weighted by Crippen LogP contribution is 2.24. The molecule has 0 saturated heterocycles. The van der Waals surface area contributed by atoms with Crippen molar-refractivity contribution < 1.29 is 4.79 Å². The second-order valence-electron chi connectivity index (χ2n) is 5.19. The lowest BCUT2D eigenvalue weighted by atomic mass is 9.95. The van der Waals surface area contributed by atoms with E-state index in [4.69, 9.17) is 0 Å². The summed E-state index contributed by atoms with van der Waals surface area (Å²) < 4.78 is 1.94. The SMILES string of the molecule is Cc1nnc2sc(C(=O)NC3CCCCC3)c(C)n12. The number of nitrogens with zero attached hydrogens (tertiary/aromatic N) is 3. The molecule has 19 heavy (non-hydrogen) atoms. The zero-order valence-electron chi connectivity index (χ0n) is 11.3. The molecule has 0 bridgehead atoms. The minimum atomic E-state index is 0.0410. The lowest BCUT2D eigenvalue weighted by Crippen LogP contribution is -2.36. The molecule has 1 fully saturated rings. The third-order valence-corrected chi connectivity index (χ3v) is 4.93. The molecule has 0 spiro atoms. The molecule has 6 heteroatoms. The van der Waals surface area contributed by atoms with Crippen LogP contribution in [0, 0.1) is 13.8 Å². The molecule has 102 valence electrons. The van der Waals surface area contributed by atoms with Crippen molar-refractivity contribution in [3.05, 3.63) is 16.4 Å². The van der Waals surface area contributed by atoms with Gasteiger partial charge in [-0.15, -0.1) is 10.2 Å². The Morgan fingerprint density at radius 3 is 2.68 bits per heavy atom. The summed E-state index contributed by atoms with van der Waals surface area (Å²) in [4.78, 5) is 13.9. The van der Waals surface area contributed by atoms with Crippen LogP contribution in [0.5, 0.6) is 0 Å². The standard InChI is InChI=1S/C13H18N4OS/c1-8-11(19-13-16-15-9(2)17(8)13)12(18)14-10-6-4-3-5-7-10/h10H,3-7H2,1-2H3,(H,14,18). The smallest absolute Gasteiger partial charge is 0.263 e. The number of nitrogens with one attached hydrogen (secondary N) is 1. The van der Waals surface area contributed by atoms with Crippen molar-refractivity contribution in [2.24, 2.45) is 0 Å². The van der Waals surface area contributed by atoms with Crippen LogP contribution >= 0.6 is 11.3 Å². The van der Waals surface area contributed by atoms with Gasteiger partial charge in [-0.2, -0.15) is 0 Å². The van der Waals surface area contributed by atoms with Crippen LogP contribution in [0.2, 0.25) is 0 Å². The average Bonchev–Trinajstić information content (AvgIpc) is 2.93. The molecule has 2 heterocycles. The topological polar surface area (TPSA) is 59.3 Å². The highest BCUT2D eigenvalue weighted by molar-refractivity contribution is 7.19. The van der Waals surface area contributed by atoms with E-state index in [9.17, 15) is 4.79 Å². The summed E-state index contributed by atoms with van der Waals surface area (Å²) in [5, 5.41) is 11.3. The van der Waals surface area contributed by atoms with Gasteiger partial charge in [0.1, 0.15) is 10.7 Å². The largest absolute Gasteiger partial charge is 0.349 e. The van der Waals surface area contributed by atoms with Crippen molar-refractivity contribution in [2.75, 3.05) is 0 Å². The highest BCUT2D eigenvalue weighted by atomic mass is 32.1. The van der Waals surface area contributed by atoms with E-state index in [2.05, 4.69) is 15.5 Å². The van der Waals surface area contributed by atoms with E-state index in [1.54, 1.807) is 0 Å². The lowest BCUT2D eigenvalue weighted by Gasteiger charge is -2.22. The van der Waals surface area contributed by atoms with Gasteiger partial charge in [-0.25, -0.2) is 0 Å². The number of rotatable bonds is 2. The van der Waals surface area contributed by atoms with Crippen molar-refractivity contribution in [1.29, 1.82) is 0 Å². The number of aryl methyl sites for hydroxylation is 2. The fourth-order valence-corrected chi connectivity index (χ4v) is 3.79. The summed E-state index contributed by atoms with van der Waals surface area (Å²) in [6, 6.07) is 0.342. The third kappa shape index (κ3) is 2.25. The summed E-state index contributed by atoms with van der Waals surface area (Å²) in [5.41, 5.74) is 0.941. The van der Waals surface area contributed by atoms with Crippen LogP contribution in [-0.4, -0.2) is 26.5 Å². The van der Waals surface area contributed by atoms with Gasteiger partial charge in [0.15, 0.2) is 0 Å². The lowest BCUT2D eigenvalue weighted by molar-refractivity contribution is 0.0931. The number of amides is 1. The molecule has 0 aliphatic heterocycles. The van der Waals surface area contributed by atoms with E-state index in [1.165, 1.54) is 30.6 Å². The predicted octanol–water partition coefficient (Wildman–Crippen LogP) is 2.47. The molecule has 1 saturated carbocycles. The van der Waals surface area contributed by atoms with Gasteiger partial charge in [-0.1, -0.05) is 30.6 Å². The number of fused-ring (bicyclic) bond motifs is 1. The van der Waals surface area contributed by atoms with Crippen LogP contribution < -0.4 is 5.32 Å². The van der Waals surface area contributed by atoms with Gasteiger partial charge in [0.05, 0.1) is 0 Å². The molecular weight excluding hydrogens is 260 g/mol. The summed E-state index contributed by atoms with van der Waals surface area (Å²) in [7, 11) is 0. The van der Waals surface area contributed by atoms with Crippen LogP contribution in [0.3, 0.4) is 0 Å². The summed E-state index contributed by atoms with van der Waals surface area (Å²) in [6.07, 6.45) is 5.95. The Kier molecular flexibility index (Phi) is 3.26. The van der Waals surface area contributed by atoms with Crippen molar-refractivity contribution in [2.45, 2.75) is 52.0 Å². The molecule has 0 radical (unpaired) electrons. The van der Waals surface area contributed by atoms with Crippen LogP contribution in [0.1, 0.15) is 53.3 Å². The molecule has 5 nitrogen and oxygen atoms in total. The minimum Gasteiger partial charge on any atom is -0.349 e. The van der Waals surface area contributed by atoms with Crippen molar-refractivity contribution in [3.63, 3.8) is 0 Å². The predicted molar refractivity (Wildman–Crippen MR) is 74.7 cm³/mol. The molecule has 2 aromatic rings. The maximum Gasteiger partial charge on any atom is 0.263 e. The molecular formula is C13H18N4OS. The second-order valence-corrected chi connectivity index (χ2v) is 6.17. The number of carbonyl (C=O) groups excluding carboxylic acids is 1. The molecule has 1 aliphatic rings. The molecule has 1 N–H and O–H groups in total. The molecule has 2 aromatic heterocycles. The molecule has 1 aliphatic carbocycles. The Bertz CT molecular complexity index is 609. The quantitative estimate of drug-likeness (QED) is 0.918. The molecule has 0 unspecified atom stereocenters. The van der Waals surface area contributed by atoms with Crippen molar-refractivity contribution in [1.82, 2.24) is 19.9 Å². The number of aromatic nitrogens is 3. The molecule has 3 rings (SSSR count). The molecule has 0 aromatic carbocycles. The molecule has 1 amide bonds. The van der Waals surface area contributed by atoms with Crippen LogP contribution in [-0.2, 0) is 0 Å². The highest BCUT2D eigenvalue weighted by Gasteiger charge is 2.21. The Hall–Kier alpha value is -1.43. The van der Waals surface area contributed by atoms with Gasteiger partial charge in [0.2, 0.25) is 4.96 Å². The number of carbonyl (C=O) groups is 1. The first-order valence-electron chi connectivity index (χ1n) is 6.79. The first-order valence-corrected chi connectivity index (χ1v) is 7.60. The van der Waals surface area contributed by atoms with Gasteiger partial charge < -0.3 is 5.32 Å². The van der Waals surface area contributed by atoms with Crippen LogP contribution in [0.15, 0.2) is 0 Å². The Morgan fingerprint density at radius 1 is 1.26 bits per heavy atom. The normalized spacial score (nSPS) is 16.9. The zero-order valence-corrected chi connectivity index (χ0v) is 12.1. The Labute approximate surface area is 116 Å². The summed E-state index contributed by atoms with van der Waals surface area (Å²) >= 11 is 1.42. The van der Waals surface area contributed by atoms with Gasteiger partial charge in [-0.3, -0.25) is 9.20 Å². The van der Waals surface area contributed by atoms with E-state index < -0.39 is 0 Å². The third-order valence-electron chi connectivity index (χ3n) is 3.80. The van der Waals surface area contributed by atoms with Crippen LogP contribution in [0.4, 0.5) is 0 Å². The zero-order chi connectivity index (χ0) is 13.4. The molecule has 0 atom stereocenters. The van der Waals surface area contributed by atoms with Crippen molar-refractivity contribution >= 4 is 22.2 Å². The van der Waals surface area contributed by atoms with E-state index >= 15 is 0 Å². The summed E-state index contributed by atoms with van der Waals surface area (Å²) in [6.45, 7) is 3.86. The number of thiazole rings is 1. The Balaban J connectivity index is 1.83. The number of hydrogen-bond acceptors (Lipinski definition) is 4. The second kappa shape index (κ2) is 4.92. The minimum absolute atomic E-state index is 0.0410. The van der Waals surface area contributed by atoms with Gasteiger partial charge >= 0.3 is 0 Å². The first-order chi connectivity index (χ1) is 9.16. The van der Waals surface area contributed by atoms with Gasteiger partial charge in [0.25, 0.3) is 5.91 Å². The maximum absolute atomic E-state index is 12.4. The van der Waals surface area contributed by atoms with E-state index in [0.29, 0.717) is 6.04 Å². The van der Waals surface area contributed by atoms with Crippen molar-refractivity contribution in [3.8, 4) is 0 Å².